The molecule has 1 rings (SSSR count). The number of hydrogen-bond donors (Lipinski definition) is 2. The molecule has 4 nitrogen and oxygen atoms in total. The second-order valence-corrected chi connectivity index (χ2v) is 2.61. The van der Waals surface area contributed by atoms with Crippen LogP contribution in [-0.4, -0.2) is 17.0 Å². The Morgan fingerprint density at radius 2 is 2.07 bits per heavy atom. The van der Waals surface area contributed by atoms with Crippen molar-refractivity contribution in [1.29, 1.82) is 0 Å². The molecule has 0 spiro atoms. The third-order valence-electron chi connectivity index (χ3n) is 1.53. The van der Waals surface area contributed by atoms with E-state index in [1.165, 1.54) is 0 Å². The van der Waals surface area contributed by atoms with Crippen molar-refractivity contribution in [3.05, 3.63) is 35.1 Å². The highest BCUT2D eigenvalue weighted by Gasteiger charge is 2.06. The number of primary amides is 1. The Morgan fingerprint density at radius 3 is 2.60 bits per heavy atom. The first-order chi connectivity index (χ1) is 7.00. The Morgan fingerprint density at radius 1 is 1.40 bits per heavy atom. The van der Waals surface area contributed by atoms with Gasteiger partial charge >= 0.3 is 5.97 Å². The number of aromatic carboxylic acids is 1. The van der Waals surface area contributed by atoms with Gasteiger partial charge in [0.25, 0.3) is 5.91 Å². The Labute approximate surface area is 84.5 Å². The first kappa shape index (κ1) is 10.7. The van der Waals surface area contributed by atoms with Gasteiger partial charge in [-0.05, 0) is 18.2 Å². The lowest BCUT2D eigenvalue weighted by Crippen LogP contribution is -2.06. The molecule has 0 unspecified atom stereocenters. The quantitative estimate of drug-likeness (QED) is 0.652. The highest BCUT2D eigenvalue weighted by molar-refractivity contribution is 5.93. The molecule has 1 aromatic rings. The van der Waals surface area contributed by atoms with Gasteiger partial charge in [-0.3, -0.25) is 4.79 Å². The average molecular weight is 207 g/mol. The fourth-order valence-corrected chi connectivity index (χ4v) is 0.883. The number of nitrogens with two attached hydrogens (primary N) is 1. The summed E-state index contributed by atoms with van der Waals surface area (Å²) < 4.78 is 13.0. The molecule has 0 saturated carbocycles. The smallest absolute Gasteiger partial charge is 0.335 e. The van der Waals surface area contributed by atoms with Gasteiger partial charge in [0.2, 0.25) is 0 Å². The van der Waals surface area contributed by atoms with Crippen LogP contribution in [0, 0.1) is 17.7 Å². The maximum atomic E-state index is 13.0. The summed E-state index contributed by atoms with van der Waals surface area (Å²) in [6, 6.07) is 3.11. The van der Waals surface area contributed by atoms with Crippen LogP contribution >= 0.6 is 0 Å². The number of carbonyl (C=O) groups excluding carboxylic acids is 1. The van der Waals surface area contributed by atoms with Crippen LogP contribution in [0.15, 0.2) is 18.2 Å². The lowest BCUT2D eigenvalue weighted by molar-refractivity contribution is -0.112. The van der Waals surface area contributed by atoms with Crippen LogP contribution in [0.5, 0.6) is 0 Å². The topological polar surface area (TPSA) is 80.4 Å². The Hall–Kier alpha value is -2.35. The average Bonchev–Trinajstić information content (AvgIpc) is 2.16. The maximum absolute atomic E-state index is 13.0. The molecule has 0 aliphatic carbocycles. The lowest BCUT2D eigenvalue weighted by atomic mass is 10.1. The van der Waals surface area contributed by atoms with E-state index in [-0.39, 0.29) is 11.1 Å². The van der Waals surface area contributed by atoms with Gasteiger partial charge < -0.3 is 10.8 Å². The second-order valence-electron chi connectivity index (χ2n) is 2.61. The molecule has 0 saturated heterocycles. The lowest BCUT2D eigenvalue weighted by Gasteiger charge is -1.96. The van der Waals surface area contributed by atoms with Gasteiger partial charge in [-0.15, -0.1) is 0 Å². The number of rotatable bonds is 1. The number of carboxylic acid groups (broad SMARTS) is 1. The number of benzene rings is 1. The third kappa shape index (κ3) is 2.81. The van der Waals surface area contributed by atoms with Crippen LogP contribution in [0.3, 0.4) is 0 Å². The van der Waals surface area contributed by atoms with Gasteiger partial charge in [0, 0.05) is 5.92 Å². The molecule has 5 heteroatoms. The van der Waals surface area contributed by atoms with Crippen molar-refractivity contribution >= 4 is 11.9 Å². The van der Waals surface area contributed by atoms with E-state index in [4.69, 9.17) is 10.8 Å². The molecule has 1 aromatic carbocycles. The minimum Gasteiger partial charge on any atom is -0.478 e. The zero-order valence-corrected chi connectivity index (χ0v) is 7.45. The normalized spacial score (nSPS) is 8.87. The summed E-state index contributed by atoms with van der Waals surface area (Å²) in [5.41, 5.74) is 4.46. The molecule has 3 N–H and O–H groups in total. The molecular weight excluding hydrogens is 201 g/mol. The second kappa shape index (κ2) is 4.24. The van der Waals surface area contributed by atoms with E-state index in [1.807, 2.05) is 5.92 Å². The van der Waals surface area contributed by atoms with Crippen LogP contribution in [-0.2, 0) is 4.79 Å². The number of hydrogen-bond acceptors (Lipinski definition) is 2. The number of carboxylic acids is 1. The largest absolute Gasteiger partial charge is 0.478 e. The molecule has 0 atom stereocenters. The van der Waals surface area contributed by atoms with E-state index >= 15 is 0 Å². The van der Waals surface area contributed by atoms with E-state index in [9.17, 15) is 14.0 Å². The molecule has 0 aromatic heterocycles. The Kier molecular flexibility index (Phi) is 3.03. The number of carbonyl (C=O) groups is 2. The van der Waals surface area contributed by atoms with Crippen molar-refractivity contribution in [2.75, 3.05) is 0 Å². The van der Waals surface area contributed by atoms with Crippen molar-refractivity contribution in [2.45, 2.75) is 0 Å². The zero-order chi connectivity index (χ0) is 11.4. The molecule has 15 heavy (non-hydrogen) atoms. The SMILES string of the molecule is NC(=O)C#Cc1cc(C(=O)O)ccc1F. The van der Waals surface area contributed by atoms with Gasteiger partial charge in [0.15, 0.2) is 0 Å². The zero-order valence-electron chi connectivity index (χ0n) is 7.45. The highest BCUT2D eigenvalue weighted by Crippen LogP contribution is 2.09. The predicted octanol–water partition coefficient (Wildman–Crippen LogP) is 0.361. The molecular formula is C10H6FNO3. The van der Waals surface area contributed by atoms with Crippen LogP contribution in [0.1, 0.15) is 15.9 Å². The van der Waals surface area contributed by atoms with Crippen molar-refractivity contribution in [3.63, 3.8) is 0 Å². The third-order valence-corrected chi connectivity index (χ3v) is 1.53. The minimum atomic E-state index is -1.20. The van der Waals surface area contributed by atoms with Crippen LogP contribution in [0.25, 0.3) is 0 Å². The Bertz CT molecular complexity index is 485. The molecule has 76 valence electrons. The van der Waals surface area contributed by atoms with Gasteiger partial charge in [0.05, 0.1) is 11.1 Å². The summed E-state index contributed by atoms with van der Waals surface area (Å²) in [5, 5.41) is 8.62. The van der Waals surface area contributed by atoms with E-state index in [2.05, 4.69) is 5.92 Å². The predicted molar refractivity (Wildman–Crippen MR) is 49.4 cm³/mol. The summed E-state index contributed by atoms with van der Waals surface area (Å²) in [6.45, 7) is 0. The number of halogens is 1. The molecule has 0 heterocycles. The van der Waals surface area contributed by atoms with Crippen molar-refractivity contribution in [2.24, 2.45) is 5.73 Å². The summed E-state index contributed by atoms with van der Waals surface area (Å²) in [4.78, 5) is 20.9. The summed E-state index contributed by atoms with van der Waals surface area (Å²) in [7, 11) is 0. The fourth-order valence-electron chi connectivity index (χ4n) is 0.883. The van der Waals surface area contributed by atoms with Crippen molar-refractivity contribution < 1.29 is 19.1 Å². The van der Waals surface area contributed by atoms with Gasteiger partial charge in [-0.25, -0.2) is 9.18 Å². The van der Waals surface area contributed by atoms with E-state index < -0.39 is 17.7 Å². The fraction of sp³-hybridized carbons (Fsp3) is 0. The first-order valence-electron chi connectivity index (χ1n) is 3.85. The van der Waals surface area contributed by atoms with Crippen molar-refractivity contribution in [1.82, 2.24) is 0 Å². The summed E-state index contributed by atoms with van der Waals surface area (Å²) >= 11 is 0. The molecule has 0 fully saturated rings. The number of amides is 1. The minimum absolute atomic E-state index is 0.106. The van der Waals surface area contributed by atoms with E-state index in [0.717, 1.165) is 18.2 Å². The molecule has 1 amide bonds. The van der Waals surface area contributed by atoms with Gasteiger partial charge in [0.1, 0.15) is 5.82 Å². The molecule has 0 aliphatic heterocycles. The first-order valence-corrected chi connectivity index (χ1v) is 3.85. The van der Waals surface area contributed by atoms with Crippen LogP contribution in [0.2, 0.25) is 0 Å². The van der Waals surface area contributed by atoms with E-state index in [0.29, 0.717) is 0 Å². The molecule has 0 bridgehead atoms. The molecule has 0 aliphatic rings. The molecule has 0 radical (unpaired) electrons. The highest BCUT2D eigenvalue weighted by atomic mass is 19.1. The van der Waals surface area contributed by atoms with E-state index in [1.54, 1.807) is 0 Å². The standard InChI is InChI=1S/C10H6FNO3/c11-8-3-1-7(10(14)15)5-6(8)2-4-9(12)13/h1,3,5H,(H2,12,13)(H,14,15). The Balaban J connectivity index is 3.18. The van der Waals surface area contributed by atoms with Crippen molar-refractivity contribution in [3.8, 4) is 11.8 Å². The van der Waals surface area contributed by atoms with Crippen LogP contribution in [0.4, 0.5) is 4.39 Å². The summed E-state index contributed by atoms with van der Waals surface area (Å²) in [6.07, 6.45) is 0. The summed E-state index contributed by atoms with van der Waals surface area (Å²) in [5.74, 6) is 1.26. The van der Waals surface area contributed by atoms with Crippen LogP contribution < -0.4 is 5.73 Å². The monoisotopic (exact) mass is 207 g/mol. The maximum Gasteiger partial charge on any atom is 0.335 e. The van der Waals surface area contributed by atoms with Gasteiger partial charge in [-0.1, -0.05) is 5.92 Å². The van der Waals surface area contributed by atoms with Gasteiger partial charge in [-0.2, -0.15) is 0 Å².